The summed E-state index contributed by atoms with van der Waals surface area (Å²) in [5, 5.41) is 5.69. The van der Waals surface area contributed by atoms with Crippen molar-refractivity contribution in [2.24, 2.45) is 22.2 Å². The van der Waals surface area contributed by atoms with E-state index >= 15 is 0 Å². The predicted molar refractivity (Wildman–Crippen MR) is 200 cm³/mol. The average Bonchev–Trinajstić information content (AvgIpc) is 3.52. The molecule has 2 aliphatic heterocycles. The van der Waals surface area contributed by atoms with Crippen LogP contribution < -0.4 is 27.8 Å². The molecule has 0 spiro atoms. The molecule has 5 amide bonds. The Balaban J connectivity index is 1.27. The molecule has 0 aromatic heterocycles. The smallest absolute Gasteiger partial charge is 0.246 e. The fraction of sp³-hybridized carbons (Fsp3) is 0.350. The zero-order valence-corrected chi connectivity index (χ0v) is 30.1. The minimum absolute atomic E-state index is 0.0434. The largest absolute Gasteiger partial charge is 0.370 e. The van der Waals surface area contributed by atoms with Crippen molar-refractivity contribution in [2.45, 2.75) is 76.2 Å². The molecule has 0 fully saturated rings. The number of nitrogens with one attached hydrogen (secondary N) is 2. The van der Waals surface area contributed by atoms with Crippen molar-refractivity contribution in [3.8, 4) is 0 Å². The molecule has 1 unspecified atom stereocenters. The molecule has 1 aliphatic carbocycles. The summed E-state index contributed by atoms with van der Waals surface area (Å²) in [6.45, 7) is 1.94. The van der Waals surface area contributed by atoms with Crippen LogP contribution in [-0.4, -0.2) is 82.6 Å². The third-order valence-corrected chi connectivity index (χ3v) is 10.4. The number of nitrogens with zero attached hydrogens (tertiary/aromatic N) is 3. The number of fused-ring (bicyclic) bond motifs is 3. The molecule has 2 heterocycles. The molecule has 13 nitrogen and oxygen atoms in total. The molecular formula is C40H45FN8O5. The Hall–Kier alpha value is -6.05. The Bertz CT molecular complexity index is 2010. The SMILES string of the molecule is CC(=O)N1Cc2ccccc2C[C@H]1C(=O)N[C@H](Cc1ccc(F)cc1)C(=O)N[C@@H](CCCN=C(N)N)C(=O)N1CC2=C(CC1C(N)=O)c1ccccc1C2. The van der Waals surface area contributed by atoms with Crippen LogP contribution in [0.15, 0.2) is 83.4 Å². The minimum Gasteiger partial charge on any atom is -0.370 e. The first-order valence-electron chi connectivity index (χ1n) is 18.0. The molecule has 54 heavy (non-hydrogen) atoms. The van der Waals surface area contributed by atoms with Crippen LogP contribution in [0.2, 0.25) is 0 Å². The quantitative estimate of drug-likeness (QED) is 0.105. The van der Waals surface area contributed by atoms with Crippen LogP contribution in [0.4, 0.5) is 4.39 Å². The number of hydrogen-bond acceptors (Lipinski definition) is 6. The topological polar surface area (TPSA) is 206 Å². The average molecular weight is 737 g/mol. The summed E-state index contributed by atoms with van der Waals surface area (Å²) in [4.78, 5) is 75.3. The maximum atomic E-state index is 14.5. The van der Waals surface area contributed by atoms with Gasteiger partial charge in [0.1, 0.15) is 30.0 Å². The molecule has 3 aromatic rings. The summed E-state index contributed by atoms with van der Waals surface area (Å²) < 4.78 is 13.9. The van der Waals surface area contributed by atoms with Gasteiger partial charge in [-0.1, -0.05) is 60.7 Å². The number of primary amides is 1. The summed E-state index contributed by atoms with van der Waals surface area (Å²) in [5.74, 6) is -3.32. The molecule has 0 bridgehead atoms. The Morgan fingerprint density at radius 3 is 2.19 bits per heavy atom. The van der Waals surface area contributed by atoms with E-state index in [4.69, 9.17) is 17.2 Å². The number of nitrogens with two attached hydrogens (primary N) is 3. The highest BCUT2D eigenvalue weighted by atomic mass is 19.1. The summed E-state index contributed by atoms with van der Waals surface area (Å²) >= 11 is 0. The van der Waals surface area contributed by atoms with Gasteiger partial charge in [0.25, 0.3) is 0 Å². The van der Waals surface area contributed by atoms with Gasteiger partial charge in [0.2, 0.25) is 29.5 Å². The van der Waals surface area contributed by atoms with Gasteiger partial charge < -0.3 is 37.6 Å². The number of carbonyl (C=O) groups is 5. The van der Waals surface area contributed by atoms with Crippen LogP contribution in [0.5, 0.6) is 0 Å². The van der Waals surface area contributed by atoms with Gasteiger partial charge in [-0.25, -0.2) is 4.39 Å². The first kappa shape index (κ1) is 37.7. The number of aliphatic imine (C=N–C) groups is 1. The first-order chi connectivity index (χ1) is 25.9. The van der Waals surface area contributed by atoms with Crippen molar-refractivity contribution in [1.82, 2.24) is 20.4 Å². The monoisotopic (exact) mass is 736 g/mol. The highest BCUT2D eigenvalue weighted by Crippen LogP contribution is 2.40. The highest BCUT2D eigenvalue weighted by molar-refractivity contribution is 5.97. The Morgan fingerprint density at radius 2 is 1.50 bits per heavy atom. The molecule has 282 valence electrons. The van der Waals surface area contributed by atoms with Gasteiger partial charge >= 0.3 is 0 Å². The van der Waals surface area contributed by atoms with Gasteiger partial charge in [-0.2, -0.15) is 0 Å². The molecule has 8 N–H and O–H groups in total. The van der Waals surface area contributed by atoms with Crippen LogP contribution in [0.1, 0.15) is 54.0 Å². The molecule has 0 radical (unpaired) electrons. The van der Waals surface area contributed by atoms with Gasteiger partial charge in [0, 0.05) is 45.8 Å². The molecule has 6 rings (SSSR count). The van der Waals surface area contributed by atoms with E-state index in [-0.39, 0.29) is 57.2 Å². The van der Waals surface area contributed by atoms with Crippen molar-refractivity contribution in [1.29, 1.82) is 0 Å². The third kappa shape index (κ3) is 8.43. The molecule has 3 aliphatic rings. The van der Waals surface area contributed by atoms with Gasteiger partial charge in [-0.05, 0) is 70.4 Å². The number of carbonyl (C=O) groups excluding carboxylic acids is 5. The van der Waals surface area contributed by atoms with Crippen LogP contribution in [0, 0.1) is 5.82 Å². The lowest BCUT2D eigenvalue weighted by atomic mass is 9.92. The molecule has 4 atom stereocenters. The van der Waals surface area contributed by atoms with E-state index in [0.717, 1.165) is 33.4 Å². The van der Waals surface area contributed by atoms with Gasteiger partial charge in [-0.15, -0.1) is 0 Å². The Morgan fingerprint density at radius 1 is 0.815 bits per heavy atom. The maximum absolute atomic E-state index is 14.5. The second-order valence-corrected chi connectivity index (χ2v) is 14.0. The fourth-order valence-electron chi connectivity index (χ4n) is 7.66. The maximum Gasteiger partial charge on any atom is 0.246 e. The summed E-state index contributed by atoms with van der Waals surface area (Å²) in [7, 11) is 0. The first-order valence-corrected chi connectivity index (χ1v) is 18.0. The van der Waals surface area contributed by atoms with Gasteiger partial charge in [0.15, 0.2) is 5.96 Å². The number of amides is 5. The van der Waals surface area contributed by atoms with E-state index in [1.165, 1.54) is 41.0 Å². The fourth-order valence-corrected chi connectivity index (χ4v) is 7.66. The lowest BCUT2D eigenvalue weighted by Gasteiger charge is -2.38. The Labute approximate surface area is 312 Å². The van der Waals surface area contributed by atoms with Crippen molar-refractivity contribution in [3.05, 3.63) is 112 Å². The van der Waals surface area contributed by atoms with Crippen molar-refractivity contribution in [2.75, 3.05) is 13.1 Å². The normalized spacial score (nSPS) is 18.4. The van der Waals surface area contributed by atoms with Crippen LogP contribution >= 0.6 is 0 Å². The molecular weight excluding hydrogens is 691 g/mol. The second kappa shape index (κ2) is 16.3. The summed E-state index contributed by atoms with van der Waals surface area (Å²) in [6.07, 6.45) is 1.46. The van der Waals surface area contributed by atoms with Crippen LogP contribution in [0.3, 0.4) is 0 Å². The summed E-state index contributed by atoms with van der Waals surface area (Å²) in [5.41, 5.74) is 23.5. The van der Waals surface area contributed by atoms with E-state index < -0.39 is 53.6 Å². The van der Waals surface area contributed by atoms with E-state index in [1.807, 2.05) is 48.5 Å². The molecule has 0 saturated carbocycles. The minimum atomic E-state index is -1.23. The summed E-state index contributed by atoms with van der Waals surface area (Å²) in [6, 6.07) is 16.7. The van der Waals surface area contributed by atoms with Crippen molar-refractivity contribution in [3.63, 3.8) is 0 Å². The van der Waals surface area contributed by atoms with Crippen LogP contribution in [0.25, 0.3) is 5.57 Å². The third-order valence-electron chi connectivity index (χ3n) is 10.4. The molecule has 3 aromatic carbocycles. The van der Waals surface area contributed by atoms with E-state index in [0.29, 0.717) is 18.4 Å². The molecule has 14 heteroatoms. The van der Waals surface area contributed by atoms with E-state index in [9.17, 15) is 28.4 Å². The predicted octanol–water partition coefficient (Wildman–Crippen LogP) is 1.46. The van der Waals surface area contributed by atoms with Crippen molar-refractivity contribution >= 4 is 41.1 Å². The Kier molecular flexibility index (Phi) is 11.4. The van der Waals surface area contributed by atoms with E-state index in [1.54, 1.807) is 0 Å². The number of guanidine groups is 1. The number of halogens is 1. The van der Waals surface area contributed by atoms with Crippen LogP contribution in [-0.2, 0) is 49.8 Å². The standard InChI is InChI=1S/C40H45FN8O5/c1-23(50)48-21-27-9-3-2-7-25(27)19-35(48)38(53)47-33(17-24-12-14-29(41)15-13-24)37(52)46-32(11-6-16-45-40(43)44)39(54)49-22-28-18-26-8-4-5-10-30(26)31(28)20-34(49)36(42)51/h2-5,7-10,12-15,32-35H,6,11,16-22H2,1H3,(H2,42,51)(H,46,52)(H,47,53)(H4,43,44,45)/t32-,33+,34?,35-/m0/s1. The zero-order chi connectivity index (χ0) is 38.5. The highest BCUT2D eigenvalue weighted by Gasteiger charge is 2.41. The van der Waals surface area contributed by atoms with Gasteiger partial charge in [0.05, 0.1) is 0 Å². The second-order valence-electron chi connectivity index (χ2n) is 14.0. The zero-order valence-electron chi connectivity index (χ0n) is 30.1. The number of rotatable bonds is 12. The number of benzene rings is 3. The van der Waals surface area contributed by atoms with Crippen molar-refractivity contribution < 1.29 is 28.4 Å². The lowest BCUT2D eigenvalue weighted by molar-refractivity contribution is -0.143. The molecule has 0 saturated heterocycles. The van der Waals surface area contributed by atoms with Gasteiger partial charge in [-0.3, -0.25) is 29.0 Å². The number of hydrogen-bond donors (Lipinski definition) is 5. The lowest BCUT2D eigenvalue weighted by Crippen LogP contribution is -2.60. The van der Waals surface area contributed by atoms with E-state index in [2.05, 4.69) is 15.6 Å².